The van der Waals surface area contributed by atoms with Crippen LogP contribution >= 0.6 is 23.1 Å². The van der Waals surface area contributed by atoms with Gasteiger partial charge in [0, 0.05) is 38.3 Å². The van der Waals surface area contributed by atoms with Crippen molar-refractivity contribution in [3.63, 3.8) is 0 Å². The Morgan fingerprint density at radius 2 is 2.12 bits per heavy atom. The fourth-order valence-corrected chi connectivity index (χ4v) is 4.50. The zero-order valence-corrected chi connectivity index (χ0v) is 16.0. The van der Waals surface area contributed by atoms with Crippen molar-refractivity contribution in [3.8, 4) is 0 Å². The normalized spacial score (nSPS) is 16.4. The van der Waals surface area contributed by atoms with Gasteiger partial charge in [-0.3, -0.25) is 9.69 Å². The highest BCUT2D eigenvalue weighted by molar-refractivity contribution is 8.00. The quantitative estimate of drug-likeness (QED) is 0.777. The highest BCUT2D eigenvalue weighted by Crippen LogP contribution is 2.26. The number of amides is 1. The number of hydrogen-bond donors (Lipinski definition) is 0. The van der Waals surface area contributed by atoms with Gasteiger partial charge in [-0.25, -0.2) is 0 Å². The summed E-state index contributed by atoms with van der Waals surface area (Å²) in [6, 6.07) is 3.98. The Morgan fingerprint density at radius 3 is 2.79 bits per heavy atom. The second kappa shape index (κ2) is 7.72. The Morgan fingerprint density at radius 1 is 1.29 bits per heavy atom. The van der Waals surface area contributed by atoms with Crippen molar-refractivity contribution in [2.75, 3.05) is 32.4 Å². The standard InChI is InChI=1S/C17H23N3O2S2/c1-12-14(13(2)22-18-12)11-19-7-4-8-20(10-9-19)17(21)15-5-6-16(23-3)24-15/h5-6H,4,7-11H2,1-3H3. The molecule has 0 saturated carbocycles. The molecule has 24 heavy (non-hydrogen) atoms. The summed E-state index contributed by atoms with van der Waals surface area (Å²) in [5.74, 6) is 1.06. The van der Waals surface area contributed by atoms with Crippen LogP contribution < -0.4 is 0 Å². The molecule has 5 nitrogen and oxygen atoms in total. The number of hydrogen-bond acceptors (Lipinski definition) is 6. The van der Waals surface area contributed by atoms with E-state index in [-0.39, 0.29) is 5.91 Å². The minimum absolute atomic E-state index is 0.166. The van der Waals surface area contributed by atoms with E-state index in [1.165, 1.54) is 9.77 Å². The van der Waals surface area contributed by atoms with Crippen LogP contribution in [0.2, 0.25) is 0 Å². The highest BCUT2D eigenvalue weighted by atomic mass is 32.2. The van der Waals surface area contributed by atoms with Gasteiger partial charge in [-0.1, -0.05) is 5.16 Å². The largest absolute Gasteiger partial charge is 0.361 e. The summed E-state index contributed by atoms with van der Waals surface area (Å²) in [7, 11) is 0. The summed E-state index contributed by atoms with van der Waals surface area (Å²) in [6.07, 6.45) is 3.04. The molecule has 0 radical (unpaired) electrons. The van der Waals surface area contributed by atoms with E-state index in [0.29, 0.717) is 0 Å². The molecule has 1 aliphatic rings. The van der Waals surface area contributed by atoms with Crippen molar-refractivity contribution in [1.82, 2.24) is 15.0 Å². The number of aryl methyl sites for hydroxylation is 2. The monoisotopic (exact) mass is 365 g/mol. The Labute approximate surface area is 151 Å². The molecule has 3 heterocycles. The van der Waals surface area contributed by atoms with Gasteiger partial charge in [-0.05, 0) is 38.7 Å². The van der Waals surface area contributed by atoms with E-state index in [0.717, 1.165) is 55.5 Å². The van der Waals surface area contributed by atoms with Gasteiger partial charge in [0.2, 0.25) is 0 Å². The zero-order valence-electron chi connectivity index (χ0n) is 14.4. The average molecular weight is 366 g/mol. The predicted octanol–water partition coefficient (Wildman–Crippen LogP) is 3.42. The van der Waals surface area contributed by atoms with E-state index in [1.807, 2.05) is 37.1 Å². The molecule has 0 spiro atoms. The summed E-state index contributed by atoms with van der Waals surface area (Å²) < 4.78 is 6.44. The number of carbonyl (C=O) groups is 1. The zero-order chi connectivity index (χ0) is 17.1. The van der Waals surface area contributed by atoms with Gasteiger partial charge in [0.15, 0.2) is 0 Å². The van der Waals surface area contributed by atoms with E-state index in [9.17, 15) is 4.79 Å². The van der Waals surface area contributed by atoms with E-state index in [4.69, 9.17) is 4.52 Å². The molecule has 3 rings (SSSR count). The minimum atomic E-state index is 0.166. The topological polar surface area (TPSA) is 49.6 Å². The van der Waals surface area contributed by atoms with Crippen LogP contribution in [-0.4, -0.2) is 53.3 Å². The first-order chi connectivity index (χ1) is 11.6. The molecule has 0 aliphatic carbocycles. The number of thioether (sulfide) groups is 1. The molecular formula is C17H23N3O2S2. The number of nitrogens with zero attached hydrogens (tertiary/aromatic N) is 3. The van der Waals surface area contributed by atoms with E-state index in [1.54, 1.807) is 23.1 Å². The molecular weight excluding hydrogens is 342 g/mol. The summed E-state index contributed by atoms with van der Waals surface area (Å²) in [5, 5.41) is 4.03. The van der Waals surface area contributed by atoms with Crippen LogP contribution in [0.4, 0.5) is 0 Å². The first kappa shape index (κ1) is 17.5. The molecule has 1 amide bonds. The fraction of sp³-hybridized carbons (Fsp3) is 0.529. The third-order valence-electron chi connectivity index (χ3n) is 4.43. The number of carbonyl (C=O) groups excluding carboxylic acids is 1. The van der Waals surface area contributed by atoms with Gasteiger partial charge in [-0.2, -0.15) is 0 Å². The van der Waals surface area contributed by atoms with Crippen LogP contribution in [0.25, 0.3) is 0 Å². The minimum Gasteiger partial charge on any atom is -0.361 e. The predicted molar refractivity (Wildman–Crippen MR) is 97.9 cm³/mol. The smallest absolute Gasteiger partial charge is 0.264 e. The van der Waals surface area contributed by atoms with Crippen molar-refractivity contribution in [2.45, 2.75) is 31.0 Å². The van der Waals surface area contributed by atoms with Gasteiger partial charge in [0.25, 0.3) is 5.91 Å². The van der Waals surface area contributed by atoms with Crippen molar-refractivity contribution >= 4 is 29.0 Å². The lowest BCUT2D eigenvalue weighted by molar-refractivity contribution is 0.0766. The van der Waals surface area contributed by atoms with Crippen LogP contribution in [0, 0.1) is 13.8 Å². The van der Waals surface area contributed by atoms with Crippen LogP contribution in [-0.2, 0) is 6.54 Å². The second-order valence-electron chi connectivity index (χ2n) is 6.05. The third-order valence-corrected chi connectivity index (χ3v) is 6.59. The van der Waals surface area contributed by atoms with Crippen molar-refractivity contribution < 1.29 is 9.32 Å². The van der Waals surface area contributed by atoms with Gasteiger partial charge in [0.1, 0.15) is 5.76 Å². The van der Waals surface area contributed by atoms with Crippen molar-refractivity contribution in [3.05, 3.63) is 34.0 Å². The van der Waals surface area contributed by atoms with Crippen molar-refractivity contribution in [1.29, 1.82) is 0 Å². The second-order valence-corrected chi connectivity index (χ2v) is 8.24. The maximum Gasteiger partial charge on any atom is 0.264 e. The lowest BCUT2D eigenvalue weighted by Gasteiger charge is -2.21. The van der Waals surface area contributed by atoms with Gasteiger partial charge in [-0.15, -0.1) is 23.1 Å². The summed E-state index contributed by atoms with van der Waals surface area (Å²) in [5.41, 5.74) is 2.14. The molecule has 1 saturated heterocycles. The molecule has 0 bridgehead atoms. The molecule has 2 aromatic heterocycles. The fourth-order valence-electron chi connectivity index (χ4n) is 2.98. The molecule has 1 fully saturated rings. The summed E-state index contributed by atoms with van der Waals surface area (Å²) in [6.45, 7) is 8.27. The van der Waals surface area contributed by atoms with Crippen LogP contribution in [0.15, 0.2) is 20.9 Å². The van der Waals surface area contributed by atoms with Crippen LogP contribution in [0.5, 0.6) is 0 Å². The van der Waals surface area contributed by atoms with Gasteiger partial charge in [0.05, 0.1) is 14.8 Å². The molecule has 0 N–H and O–H groups in total. The van der Waals surface area contributed by atoms with Gasteiger partial charge < -0.3 is 9.42 Å². The molecule has 0 atom stereocenters. The Hall–Kier alpha value is -1.31. The number of rotatable bonds is 4. The van der Waals surface area contributed by atoms with E-state index >= 15 is 0 Å². The summed E-state index contributed by atoms with van der Waals surface area (Å²) >= 11 is 3.28. The molecule has 0 aromatic carbocycles. The van der Waals surface area contributed by atoms with Crippen LogP contribution in [0.3, 0.4) is 0 Å². The highest BCUT2D eigenvalue weighted by Gasteiger charge is 2.22. The maximum absolute atomic E-state index is 12.7. The SMILES string of the molecule is CSc1ccc(C(=O)N2CCCN(Cc3c(C)noc3C)CC2)s1. The molecule has 2 aromatic rings. The van der Waals surface area contributed by atoms with Gasteiger partial charge >= 0.3 is 0 Å². The molecule has 1 aliphatic heterocycles. The first-order valence-corrected chi connectivity index (χ1v) is 10.2. The van der Waals surface area contributed by atoms with Crippen molar-refractivity contribution in [2.24, 2.45) is 0 Å². The van der Waals surface area contributed by atoms with E-state index < -0.39 is 0 Å². The number of thiophene rings is 1. The van der Waals surface area contributed by atoms with Crippen LogP contribution in [0.1, 0.15) is 33.1 Å². The lowest BCUT2D eigenvalue weighted by atomic mass is 10.2. The number of aromatic nitrogens is 1. The maximum atomic E-state index is 12.7. The molecule has 7 heteroatoms. The third kappa shape index (κ3) is 3.84. The molecule has 130 valence electrons. The van der Waals surface area contributed by atoms with E-state index in [2.05, 4.69) is 10.1 Å². The average Bonchev–Trinajstić information content (AvgIpc) is 3.10. The first-order valence-electron chi connectivity index (χ1n) is 8.15. The Balaban J connectivity index is 1.61. The lowest BCUT2D eigenvalue weighted by Crippen LogP contribution is -2.34. The Kier molecular flexibility index (Phi) is 5.63. The molecule has 0 unspecified atom stereocenters. The summed E-state index contributed by atoms with van der Waals surface area (Å²) in [4.78, 5) is 17.9. The Bertz CT molecular complexity index is 691.